The molecule has 0 spiro atoms. The number of fused-ring (bicyclic) bond motifs is 1. The van der Waals surface area contributed by atoms with Crippen molar-refractivity contribution in [3.05, 3.63) is 64.3 Å². The molecule has 352 valence electrons. The normalized spacial score (nSPS) is 31.8. The van der Waals surface area contributed by atoms with Crippen molar-refractivity contribution >= 4 is 23.0 Å². The van der Waals surface area contributed by atoms with Gasteiger partial charge in [-0.1, -0.05) is 6.07 Å². The molecule has 24 nitrogen and oxygen atoms in total. The van der Waals surface area contributed by atoms with Gasteiger partial charge in [0.05, 0.1) is 12.7 Å². The summed E-state index contributed by atoms with van der Waals surface area (Å²) in [5, 5.41) is 146. The van der Waals surface area contributed by atoms with Gasteiger partial charge in [0.2, 0.25) is 29.5 Å². The molecule has 0 aliphatic carbocycles. The molecule has 0 bridgehead atoms. The van der Waals surface area contributed by atoms with Crippen LogP contribution in [0.4, 0.5) is 0 Å². The molecule has 3 fully saturated rings. The Bertz CT molecular complexity index is 2450. The number of hydrogen-bond donors (Lipinski definition) is 14. The Morgan fingerprint density at radius 1 is 0.692 bits per heavy atom. The minimum Gasteiger partial charge on any atom is -0.508 e. The first kappa shape index (κ1) is 47.0. The number of hydrogen-bond acceptors (Lipinski definition) is 24. The highest BCUT2D eigenvalue weighted by molar-refractivity contribution is 5.89. The molecule has 14 atom stereocenters. The Balaban J connectivity index is 1.18. The SMILES string of the molecule is CC1O[C@@H](Oc2c(-c3cc(O)c(O[C@@H]4OC[C@@H](O)[C@@H](O)C4O)c(O)c3)oc3cc(O)cc(O)c3c2=O)C(O[C@@H]2OC(COC(=O)/C=C/c3ccc(O)c(O)c3)[C@@H](O)[C@@H](O)C2O)[C@@H](O)[C@H]1O. The van der Waals surface area contributed by atoms with E-state index in [0.717, 1.165) is 36.4 Å². The van der Waals surface area contributed by atoms with Crippen molar-refractivity contribution in [1.82, 2.24) is 0 Å². The summed E-state index contributed by atoms with van der Waals surface area (Å²) in [5.41, 5.74) is -1.73. The van der Waals surface area contributed by atoms with E-state index in [1.54, 1.807) is 0 Å². The van der Waals surface area contributed by atoms with Crippen LogP contribution in [-0.4, -0.2) is 177 Å². The number of carbonyl (C=O) groups is 1. The van der Waals surface area contributed by atoms with Gasteiger partial charge in [-0.05, 0) is 42.8 Å². The van der Waals surface area contributed by atoms with Crippen LogP contribution >= 0.6 is 0 Å². The molecule has 0 saturated carbocycles. The molecule has 0 radical (unpaired) electrons. The van der Waals surface area contributed by atoms with Gasteiger partial charge >= 0.3 is 5.97 Å². The van der Waals surface area contributed by atoms with Gasteiger partial charge in [-0.15, -0.1) is 0 Å². The molecular weight excluding hydrogens is 876 g/mol. The minimum absolute atomic E-state index is 0.292. The maximum Gasteiger partial charge on any atom is 0.330 e. The zero-order chi connectivity index (χ0) is 47.2. The Labute approximate surface area is 364 Å². The lowest BCUT2D eigenvalue weighted by molar-refractivity contribution is -0.355. The van der Waals surface area contributed by atoms with Crippen LogP contribution in [0.1, 0.15) is 12.5 Å². The van der Waals surface area contributed by atoms with Gasteiger partial charge in [0.1, 0.15) is 84.0 Å². The van der Waals surface area contributed by atoms with E-state index in [1.165, 1.54) is 25.1 Å². The third-order valence-electron chi connectivity index (χ3n) is 10.7. The number of aliphatic hydroxyl groups is 8. The topological polar surface area (TPSA) is 395 Å². The number of ether oxygens (including phenoxy) is 7. The number of rotatable bonds is 11. The molecule has 24 heteroatoms. The van der Waals surface area contributed by atoms with E-state index in [1.807, 2.05) is 0 Å². The third kappa shape index (κ3) is 9.55. The zero-order valence-electron chi connectivity index (χ0n) is 33.5. The monoisotopic (exact) mass is 920 g/mol. The average molecular weight is 921 g/mol. The van der Waals surface area contributed by atoms with Crippen LogP contribution in [0.15, 0.2) is 57.8 Å². The predicted octanol–water partition coefficient (Wildman–Crippen LogP) is -2.19. The van der Waals surface area contributed by atoms with Crippen LogP contribution in [0.5, 0.6) is 46.0 Å². The zero-order valence-corrected chi connectivity index (χ0v) is 33.5. The molecule has 4 heterocycles. The van der Waals surface area contributed by atoms with Crippen molar-refractivity contribution in [1.29, 1.82) is 0 Å². The van der Waals surface area contributed by atoms with E-state index in [9.17, 15) is 81.1 Å². The fraction of sp³-hybridized carbons (Fsp3) is 0.415. The van der Waals surface area contributed by atoms with Gasteiger partial charge < -0.3 is 109 Å². The predicted molar refractivity (Wildman–Crippen MR) is 211 cm³/mol. The van der Waals surface area contributed by atoms with Crippen LogP contribution in [0.2, 0.25) is 0 Å². The number of aliphatic hydroxyl groups excluding tert-OH is 8. The Hall–Kier alpha value is -6.00. The number of phenolic OH excluding ortho intramolecular Hbond substituents is 6. The molecule has 3 aliphatic heterocycles. The molecule has 0 amide bonds. The second-order valence-electron chi connectivity index (χ2n) is 15.3. The largest absolute Gasteiger partial charge is 0.508 e. The van der Waals surface area contributed by atoms with Gasteiger partial charge in [0.15, 0.2) is 41.2 Å². The maximum atomic E-state index is 14.2. The Kier molecular flexibility index (Phi) is 13.6. The first-order valence-electron chi connectivity index (χ1n) is 19.6. The molecule has 3 saturated heterocycles. The smallest absolute Gasteiger partial charge is 0.330 e. The van der Waals surface area contributed by atoms with E-state index in [2.05, 4.69) is 0 Å². The fourth-order valence-corrected chi connectivity index (χ4v) is 7.12. The van der Waals surface area contributed by atoms with E-state index < -0.39 is 173 Å². The lowest BCUT2D eigenvalue weighted by Crippen LogP contribution is -2.64. The highest BCUT2D eigenvalue weighted by Gasteiger charge is 2.51. The maximum absolute atomic E-state index is 14.2. The number of benzene rings is 3. The number of carbonyl (C=O) groups excluding carboxylic acids is 1. The number of esters is 1. The molecule has 3 aliphatic rings. The highest BCUT2D eigenvalue weighted by atomic mass is 16.8. The minimum atomic E-state index is -2.10. The molecular formula is C41H44O24. The van der Waals surface area contributed by atoms with E-state index in [0.29, 0.717) is 5.56 Å². The van der Waals surface area contributed by atoms with Crippen molar-refractivity contribution in [2.75, 3.05) is 13.2 Å². The van der Waals surface area contributed by atoms with Gasteiger partial charge in [0, 0.05) is 23.8 Å². The summed E-state index contributed by atoms with van der Waals surface area (Å²) in [6.07, 6.45) is -23.4. The molecule has 65 heavy (non-hydrogen) atoms. The Morgan fingerprint density at radius 2 is 1.37 bits per heavy atom. The van der Waals surface area contributed by atoms with Crippen molar-refractivity contribution in [3.63, 3.8) is 0 Å². The van der Waals surface area contributed by atoms with Crippen molar-refractivity contribution in [2.24, 2.45) is 0 Å². The molecule has 5 unspecified atom stereocenters. The summed E-state index contributed by atoms with van der Waals surface area (Å²) in [5.74, 6) is -7.26. The molecule has 3 aromatic carbocycles. The van der Waals surface area contributed by atoms with Crippen LogP contribution in [-0.2, 0) is 28.5 Å². The fourth-order valence-electron chi connectivity index (χ4n) is 7.12. The number of phenols is 6. The first-order valence-corrected chi connectivity index (χ1v) is 19.6. The summed E-state index contributed by atoms with van der Waals surface area (Å²) in [6.45, 7) is 0.0282. The summed E-state index contributed by atoms with van der Waals surface area (Å²) in [6, 6.07) is 7.16. The Morgan fingerprint density at radius 3 is 2.06 bits per heavy atom. The van der Waals surface area contributed by atoms with Crippen molar-refractivity contribution < 1.29 is 114 Å². The molecule has 1 aromatic heterocycles. The first-order chi connectivity index (χ1) is 30.7. The summed E-state index contributed by atoms with van der Waals surface area (Å²) >= 11 is 0. The van der Waals surface area contributed by atoms with Crippen LogP contribution in [0, 0.1) is 0 Å². The number of aromatic hydroxyl groups is 6. The van der Waals surface area contributed by atoms with Gasteiger partial charge in [0.25, 0.3) is 0 Å². The van der Waals surface area contributed by atoms with Crippen LogP contribution < -0.4 is 14.9 Å². The lowest BCUT2D eigenvalue weighted by atomic mass is 9.97. The average Bonchev–Trinajstić information content (AvgIpc) is 3.25. The van der Waals surface area contributed by atoms with Gasteiger partial charge in [-0.2, -0.15) is 0 Å². The van der Waals surface area contributed by atoms with Crippen LogP contribution in [0.3, 0.4) is 0 Å². The quantitative estimate of drug-likeness (QED) is 0.0431. The van der Waals surface area contributed by atoms with E-state index >= 15 is 0 Å². The van der Waals surface area contributed by atoms with Gasteiger partial charge in [-0.25, -0.2) is 4.79 Å². The second-order valence-corrected chi connectivity index (χ2v) is 15.3. The summed E-state index contributed by atoms with van der Waals surface area (Å²) < 4.78 is 44.8. The summed E-state index contributed by atoms with van der Waals surface area (Å²) in [4.78, 5) is 26.7. The summed E-state index contributed by atoms with van der Waals surface area (Å²) in [7, 11) is 0. The molecule has 7 rings (SSSR count). The highest BCUT2D eigenvalue weighted by Crippen LogP contribution is 2.45. The van der Waals surface area contributed by atoms with E-state index in [-0.39, 0.29) is 5.56 Å². The van der Waals surface area contributed by atoms with E-state index in [4.69, 9.17) is 37.6 Å². The lowest BCUT2D eigenvalue weighted by Gasteiger charge is -2.45. The van der Waals surface area contributed by atoms with Crippen LogP contribution in [0.25, 0.3) is 28.4 Å². The molecule has 4 aromatic rings. The van der Waals surface area contributed by atoms with Crippen molar-refractivity contribution in [3.8, 4) is 57.3 Å². The standard InChI is InChI=1S/C41H44O24/c1-13-27(50)32(55)38(65-40-34(57)31(54)29(52)24(62-40)12-58-25(49)5-3-14-2-4-17(43)18(44)6-14)41(60-13)64-37-30(53)26-19(45)9-16(42)10-23(26)61-35(37)15-7-20(46)36(21(47)8-15)63-39-33(56)28(51)22(48)11-59-39/h2-10,13,22,24,27-29,31-34,38-48,50-52,54-57H,11-12H2,1H3/b5-3+/t13?,22-,24?,27+,28-,29-,31-,32+,33?,34?,38?,39+,40+,41+/m1/s1. The van der Waals surface area contributed by atoms with Gasteiger partial charge in [-0.3, -0.25) is 4.79 Å². The second kappa shape index (κ2) is 18.8. The third-order valence-corrected chi connectivity index (χ3v) is 10.7. The van der Waals surface area contributed by atoms with Crippen molar-refractivity contribution in [2.45, 2.75) is 92.9 Å². The molecule has 14 N–H and O–H groups in total.